The number of carbonyl (C=O) groups is 2. The first-order valence-corrected chi connectivity index (χ1v) is 5.47. The van der Waals surface area contributed by atoms with Crippen LogP contribution in [0.25, 0.3) is 0 Å². The molecule has 1 fully saturated rings. The highest BCUT2D eigenvalue weighted by Gasteiger charge is 2.21. The minimum Gasteiger partial charge on any atom is -0.478 e. The number of carboxylic acid groups (broad SMARTS) is 1. The van der Waals surface area contributed by atoms with Crippen molar-refractivity contribution in [1.82, 2.24) is 10.3 Å². The number of anilines is 1. The summed E-state index contributed by atoms with van der Waals surface area (Å²) in [5.41, 5.74) is 0.382. The predicted molar refractivity (Wildman–Crippen MR) is 62.4 cm³/mol. The first kappa shape index (κ1) is 12.5. The number of hydrogen-bond acceptors (Lipinski definition) is 5. The Bertz CT molecular complexity index is 457. The highest BCUT2D eigenvalue weighted by atomic mass is 16.5. The molecular weight excluding hydrogens is 238 g/mol. The minimum atomic E-state index is -1.09. The van der Waals surface area contributed by atoms with E-state index in [-0.39, 0.29) is 11.5 Å². The molecule has 0 spiro atoms. The average Bonchev–Trinajstić information content (AvgIpc) is 2.40. The molecule has 1 aromatic rings. The van der Waals surface area contributed by atoms with Gasteiger partial charge in [0.1, 0.15) is 6.04 Å². The third-order valence-corrected chi connectivity index (χ3v) is 2.49. The Morgan fingerprint density at radius 2 is 2.33 bits per heavy atom. The maximum absolute atomic E-state index is 11.8. The Morgan fingerprint density at radius 3 is 3.00 bits per heavy atom. The van der Waals surface area contributed by atoms with E-state index in [2.05, 4.69) is 15.6 Å². The molecule has 1 saturated heterocycles. The van der Waals surface area contributed by atoms with Crippen molar-refractivity contribution in [2.45, 2.75) is 6.04 Å². The fraction of sp³-hybridized carbons (Fsp3) is 0.364. The molecule has 1 unspecified atom stereocenters. The molecule has 0 aliphatic carbocycles. The number of pyridine rings is 1. The van der Waals surface area contributed by atoms with Gasteiger partial charge in [0.25, 0.3) is 0 Å². The number of amides is 1. The lowest BCUT2D eigenvalue weighted by molar-refractivity contribution is -0.120. The summed E-state index contributed by atoms with van der Waals surface area (Å²) in [6.07, 6.45) is 2.62. The van der Waals surface area contributed by atoms with Gasteiger partial charge in [-0.1, -0.05) is 0 Å². The number of nitrogens with zero attached hydrogens (tertiary/aromatic N) is 1. The number of carbonyl (C=O) groups excluding carboxylic acids is 1. The second kappa shape index (κ2) is 5.56. The second-order valence-electron chi connectivity index (χ2n) is 3.84. The van der Waals surface area contributed by atoms with Crippen LogP contribution in [-0.2, 0) is 9.53 Å². The van der Waals surface area contributed by atoms with E-state index in [1.165, 1.54) is 18.5 Å². The first-order chi connectivity index (χ1) is 8.66. The molecule has 1 amide bonds. The van der Waals surface area contributed by atoms with Crippen LogP contribution in [0.3, 0.4) is 0 Å². The topological polar surface area (TPSA) is 101 Å². The maximum Gasteiger partial charge on any atom is 0.337 e. The molecule has 1 aliphatic heterocycles. The SMILES string of the molecule is O=C(O)c1cncc(NC(=O)C2COCCN2)c1. The zero-order valence-electron chi connectivity index (χ0n) is 9.55. The molecule has 7 nitrogen and oxygen atoms in total. The number of rotatable bonds is 3. The van der Waals surface area contributed by atoms with Crippen molar-refractivity contribution >= 4 is 17.6 Å². The van der Waals surface area contributed by atoms with Crippen LogP contribution in [0.15, 0.2) is 18.5 Å². The Balaban J connectivity index is 2.02. The maximum atomic E-state index is 11.8. The van der Waals surface area contributed by atoms with E-state index < -0.39 is 12.0 Å². The van der Waals surface area contributed by atoms with E-state index in [0.717, 1.165) is 0 Å². The van der Waals surface area contributed by atoms with Crippen LogP contribution >= 0.6 is 0 Å². The van der Waals surface area contributed by atoms with E-state index in [0.29, 0.717) is 25.4 Å². The lowest BCUT2D eigenvalue weighted by Gasteiger charge is -2.22. The largest absolute Gasteiger partial charge is 0.478 e. The van der Waals surface area contributed by atoms with Gasteiger partial charge in [0.2, 0.25) is 5.91 Å². The van der Waals surface area contributed by atoms with Crippen molar-refractivity contribution < 1.29 is 19.4 Å². The van der Waals surface area contributed by atoms with Gasteiger partial charge in [0.05, 0.1) is 30.7 Å². The molecule has 0 bridgehead atoms. The smallest absolute Gasteiger partial charge is 0.337 e. The van der Waals surface area contributed by atoms with Crippen molar-refractivity contribution in [2.75, 3.05) is 25.1 Å². The average molecular weight is 251 g/mol. The molecule has 18 heavy (non-hydrogen) atoms. The summed E-state index contributed by atoms with van der Waals surface area (Å²) in [5, 5.41) is 14.4. The quantitative estimate of drug-likeness (QED) is 0.682. The lowest BCUT2D eigenvalue weighted by atomic mass is 10.2. The summed E-state index contributed by atoms with van der Waals surface area (Å²) in [7, 11) is 0. The molecule has 0 radical (unpaired) electrons. The Morgan fingerprint density at radius 1 is 1.50 bits per heavy atom. The monoisotopic (exact) mass is 251 g/mol. The van der Waals surface area contributed by atoms with Gasteiger partial charge in [-0.2, -0.15) is 0 Å². The number of morpholine rings is 1. The zero-order valence-corrected chi connectivity index (χ0v) is 9.55. The summed E-state index contributed by atoms with van der Waals surface area (Å²) in [6.45, 7) is 1.50. The molecule has 1 atom stereocenters. The fourth-order valence-electron chi connectivity index (χ4n) is 1.59. The van der Waals surface area contributed by atoms with Gasteiger partial charge in [-0.25, -0.2) is 4.79 Å². The molecule has 1 aliphatic rings. The predicted octanol–water partition coefficient (Wildman–Crippen LogP) is -0.293. The summed E-state index contributed by atoms with van der Waals surface area (Å²) in [6, 6.07) is 0.934. The van der Waals surface area contributed by atoms with Crippen molar-refractivity contribution in [3.63, 3.8) is 0 Å². The Hall–Kier alpha value is -1.99. The van der Waals surface area contributed by atoms with Crippen LogP contribution in [0, 0.1) is 0 Å². The van der Waals surface area contributed by atoms with E-state index in [4.69, 9.17) is 9.84 Å². The Kier molecular flexibility index (Phi) is 3.85. The first-order valence-electron chi connectivity index (χ1n) is 5.47. The van der Waals surface area contributed by atoms with Crippen molar-refractivity contribution in [3.05, 3.63) is 24.0 Å². The Labute approximate surface area is 103 Å². The normalized spacial score (nSPS) is 19.2. The van der Waals surface area contributed by atoms with Crippen LogP contribution in [0.2, 0.25) is 0 Å². The van der Waals surface area contributed by atoms with E-state index >= 15 is 0 Å². The highest BCUT2D eigenvalue weighted by Crippen LogP contribution is 2.09. The van der Waals surface area contributed by atoms with E-state index in [1.807, 2.05) is 0 Å². The highest BCUT2D eigenvalue weighted by molar-refractivity contribution is 5.96. The molecule has 0 aromatic carbocycles. The summed E-state index contributed by atoms with van der Waals surface area (Å²) >= 11 is 0. The van der Waals surface area contributed by atoms with Crippen LogP contribution in [-0.4, -0.2) is 47.8 Å². The number of aromatic nitrogens is 1. The molecule has 0 saturated carbocycles. The van der Waals surface area contributed by atoms with Gasteiger partial charge < -0.3 is 20.5 Å². The van der Waals surface area contributed by atoms with Gasteiger partial charge in [0.15, 0.2) is 0 Å². The van der Waals surface area contributed by atoms with Gasteiger partial charge >= 0.3 is 5.97 Å². The molecular formula is C11H13N3O4. The molecule has 3 N–H and O–H groups in total. The van der Waals surface area contributed by atoms with Crippen molar-refractivity contribution in [2.24, 2.45) is 0 Å². The number of nitrogens with one attached hydrogen (secondary N) is 2. The molecule has 2 rings (SSSR count). The van der Waals surface area contributed by atoms with Gasteiger partial charge in [-0.05, 0) is 6.07 Å². The molecule has 7 heteroatoms. The number of hydrogen-bond donors (Lipinski definition) is 3. The summed E-state index contributed by atoms with van der Waals surface area (Å²) in [4.78, 5) is 26.3. The number of aromatic carboxylic acids is 1. The lowest BCUT2D eigenvalue weighted by Crippen LogP contribution is -2.48. The number of carboxylic acids is 1. The molecule has 1 aromatic heterocycles. The van der Waals surface area contributed by atoms with Crippen molar-refractivity contribution in [1.29, 1.82) is 0 Å². The van der Waals surface area contributed by atoms with Gasteiger partial charge in [0, 0.05) is 12.7 Å². The third kappa shape index (κ3) is 3.02. The minimum absolute atomic E-state index is 0.0284. The standard InChI is InChI=1S/C11H13N3O4/c15-10(9-6-18-2-1-13-9)14-8-3-7(11(16)17)4-12-5-8/h3-5,9,13H,1-2,6H2,(H,14,15)(H,16,17). The summed E-state index contributed by atoms with van der Waals surface area (Å²) < 4.78 is 5.17. The second-order valence-corrected chi connectivity index (χ2v) is 3.84. The third-order valence-electron chi connectivity index (χ3n) is 2.49. The number of ether oxygens (including phenoxy) is 1. The van der Waals surface area contributed by atoms with E-state index in [9.17, 15) is 9.59 Å². The van der Waals surface area contributed by atoms with Gasteiger partial charge in [-0.3, -0.25) is 9.78 Å². The summed E-state index contributed by atoms with van der Waals surface area (Å²) in [5.74, 6) is -1.35. The van der Waals surface area contributed by atoms with Crippen LogP contribution < -0.4 is 10.6 Å². The van der Waals surface area contributed by atoms with Gasteiger partial charge in [-0.15, -0.1) is 0 Å². The van der Waals surface area contributed by atoms with Crippen molar-refractivity contribution in [3.8, 4) is 0 Å². The van der Waals surface area contributed by atoms with E-state index in [1.54, 1.807) is 0 Å². The molecule has 96 valence electrons. The zero-order chi connectivity index (χ0) is 13.0. The van der Waals surface area contributed by atoms with Crippen LogP contribution in [0.5, 0.6) is 0 Å². The van der Waals surface area contributed by atoms with Crippen LogP contribution in [0.4, 0.5) is 5.69 Å². The van der Waals surface area contributed by atoms with Crippen LogP contribution in [0.1, 0.15) is 10.4 Å². The fourth-order valence-corrected chi connectivity index (χ4v) is 1.59. The molecule has 2 heterocycles.